The molecule has 0 radical (unpaired) electrons. The Morgan fingerprint density at radius 1 is 1.18 bits per heavy atom. The van der Waals surface area contributed by atoms with Crippen molar-refractivity contribution in [2.45, 2.75) is 39.7 Å². The van der Waals surface area contributed by atoms with Gasteiger partial charge in [0.15, 0.2) is 6.61 Å². The molecule has 0 bridgehead atoms. The number of benzene rings is 1. The Morgan fingerprint density at radius 2 is 1.86 bits per heavy atom. The van der Waals surface area contributed by atoms with Gasteiger partial charge in [0.1, 0.15) is 12.3 Å². The molecule has 122 valence electrons. The maximum atomic E-state index is 12.2. The zero-order chi connectivity index (χ0) is 16.7. The molecule has 0 aliphatic carbocycles. The average Bonchev–Trinajstić information content (AvgIpc) is 2.49. The van der Waals surface area contributed by atoms with Crippen molar-refractivity contribution in [1.82, 2.24) is 4.90 Å². The van der Waals surface area contributed by atoms with E-state index in [1.807, 2.05) is 38.1 Å². The van der Waals surface area contributed by atoms with Gasteiger partial charge in [0.25, 0.3) is 5.91 Å². The SMILES string of the molecule is COC(=O)CN(C(=O)COc1cccc(C(C)C)c1)C(C)C. The van der Waals surface area contributed by atoms with E-state index in [1.54, 1.807) is 0 Å². The summed E-state index contributed by atoms with van der Waals surface area (Å²) < 4.78 is 10.2. The molecule has 0 fully saturated rings. The highest BCUT2D eigenvalue weighted by Gasteiger charge is 2.21. The molecular weight excluding hydrogens is 282 g/mol. The maximum Gasteiger partial charge on any atom is 0.325 e. The molecule has 1 amide bonds. The van der Waals surface area contributed by atoms with E-state index in [1.165, 1.54) is 12.0 Å². The summed E-state index contributed by atoms with van der Waals surface area (Å²) in [6.45, 7) is 7.72. The quantitative estimate of drug-likeness (QED) is 0.727. The van der Waals surface area contributed by atoms with Gasteiger partial charge >= 0.3 is 5.97 Å². The lowest BCUT2D eigenvalue weighted by atomic mass is 10.0. The molecule has 1 aromatic carbocycles. The number of ether oxygens (including phenoxy) is 2. The second kappa shape index (κ2) is 8.41. The van der Waals surface area contributed by atoms with E-state index in [-0.39, 0.29) is 25.1 Å². The first-order valence-electron chi connectivity index (χ1n) is 7.44. The molecule has 0 N–H and O–H groups in total. The number of rotatable bonds is 7. The second-order valence-corrected chi connectivity index (χ2v) is 5.71. The molecule has 0 unspecified atom stereocenters. The molecule has 22 heavy (non-hydrogen) atoms. The van der Waals surface area contributed by atoms with Crippen LogP contribution in [0.25, 0.3) is 0 Å². The second-order valence-electron chi connectivity index (χ2n) is 5.71. The zero-order valence-corrected chi connectivity index (χ0v) is 14.0. The summed E-state index contributed by atoms with van der Waals surface area (Å²) in [4.78, 5) is 25.0. The van der Waals surface area contributed by atoms with Crippen molar-refractivity contribution in [3.8, 4) is 5.75 Å². The minimum Gasteiger partial charge on any atom is -0.484 e. The van der Waals surface area contributed by atoms with Crippen LogP contribution in [0.4, 0.5) is 0 Å². The first kappa shape index (κ1) is 18.0. The van der Waals surface area contributed by atoms with Crippen LogP contribution in [0.15, 0.2) is 24.3 Å². The van der Waals surface area contributed by atoms with E-state index < -0.39 is 5.97 Å². The van der Waals surface area contributed by atoms with Gasteiger partial charge in [-0.25, -0.2) is 0 Å². The number of nitrogens with zero attached hydrogens (tertiary/aromatic N) is 1. The molecule has 0 aliphatic heterocycles. The fourth-order valence-corrected chi connectivity index (χ4v) is 1.95. The summed E-state index contributed by atoms with van der Waals surface area (Å²) in [6.07, 6.45) is 0. The van der Waals surface area contributed by atoms with Crippen LogP contribution in [-0.4, -0.2) is 43.1 Å². The van der Waals surface area contributed by atoms with Gasteiger partial charge in [-0.15, -0.1) is 0 Å². The normalized spacial score (nSPS) is 10.7. The van der Waals surface area contributed by atoms with Crippen LogP contribution < -0.4 is 4.74 Å². The van der Waals surface area contributed by atoms with Crippen LogP contribution in [0.2, 0.25) is 0 Å². The van der Waals surface area contributed by atoms with Gasteiger partial charge in [-0.1, -0.05) is 26.0 Å². The standard InChI is InChI=1S/C17H25NO4/c1-12(2)14-7-6-8-15(9-14)22-11-16(19)18(13(3)4)10-17(20)21-5/h6-9,12-13H,10-11H2,1-5H3. The largest absolute Gasteiger partial charge is 0.484 e. The lowest BCUT2D eigenvalue weighted by molar-refractivity contribution is -0.149. The fraction of sp³-hybridized carbons (Fsp3) is 0.529. The number of esters is 1. The summed E-state index contributed by atoms with van der Waals surface area (Å²) in [5, 5.41) is 0. The Bertz CT molecular complexity index is 511. The number of hydrogen-bond donors (Lipinski definition) is 0. The van der Waals surface area contributed by atoms with Crippen LogP contribution in [-0.2, 0) is 14.3 Å². The molecule has 5 nitrogen and oxygen atoms in total. The first-order chi connectivity index (χ1) is 10.3. The summed E-state index contributed by atoms with van der Waals surface area (Å²) in [5.41, 5.74) is 1.15. The third kappa shape index (κ3) is 5.39. The topological polar surface area (TPSA) is 55.8 Å². The molecule has 0 aliphatic rings. The van der Waals surface area contributed by atoms with Crippen LogP contribution in [0.5, 0.6) is 5.75 Å². The highest BCUT2D eigenvalue weighted by molar-refractivity contribution is 5.83. The van der Waals surface area contributed by atoms with Crippen molar-refractivity contribution in [2.24, 2.45) is 0 Å². The highest BCUT2D eigenvalue weighted by Crippen LogP contribution is 2.20. The van der Waals surface area contributed by atoms with Gasteiger partial charge in [0.2, 0.25) is 0 Å². The summed E-state index contributed by atoms with van der Waals surface area (Å²) >= 11 is 0. The molecule has 5 heteroatoms. The van der Waals surface area contributed by atoms with Crippen LogP contribution in [0, 0.1) is 0 Å². The molecule has 1 aromatic rings. The molecule has 0 atom stereocenters. The first-order valence-corrected chi connectivity index (χ1v) is 7.44. The summed E-state index contributed by atoms with van der Waals surface area (Å²) in [6, 6.07) is 7.58. The molecule has 0 spiro atoms. The Kier molecular flexibility index (Phi) is 6.89. The van der Waals surface area contributed by atoms with Crippen molar-refractivity contribution >= 4 is 11.9 Å². The fourth-order valence-electron chi connectivity index (χ4n) is 1.95. The average molecular weight is 307 g/mol. The van der Waals surface area contributed by atoms with Gasteiger partial charge < -0.3 is 14.4 Å². The number of carbonyl (C=O) groups excluding carboxylic acids is 2. The maximum absolute atomic E-state index is 12.2. The van der Waals surface area contributed by atoms with Crippen LogP contribution >= 0.6 is 0 Å². The van der Waals surface area contributed by atoms with Crippen molar-refractivity contribution in [3.63, 3.8) is 0 Å². The van der Waals surface area contributed by atoms with Crippen molar-refractivity contribution < 1.29 is 19.1 Å². The van der Waals surface area contributed by atoms with Gasteiger partial charge in [-0.05, 0) is 37.5 Å². The molecule has 0 saturated heterocycles. The smallest absolute Gasteiger partial charge is 0.325 e. The Morgan fingerprint density at radius 3 is 2.41 bits per heavy atom. The lowest BCUT2D eigenvalue weighted by Gasteiger charge is -2.25. The van der Waals surface area contributed by atoms with Crippen molar-refractivity contribution in [2.75, 3.05) is 20.3 Å². The summed E-state index contributed by atoms with van der Waals surface area (Å²) in [5.74, 6) is 0.367. The Hall–Kier alpha value is -2.04. The van der Waals surface area contributed by atoms with Crippen LogP contribution in [0.3, 0.4) is 0 Å². The number of hydrogen-bond acceptors (Lipinski definition) is 4. The molecular formula is C17H25NO4. The van der Waals surface area contributed by atoms with Gasteiger partial charge in [-0.2, -0.15) is 0 Å². The van der Waals surface area contributed by atoms with E-state index in [0.29, 0.717) is 11.7 Å². The van der Waals surface area contributed by atoms with E-state index in [9.17, 15) is 9.59 Å². The predicted octanol–water partition coefficient (Wildman–Crippen LogP) is 2.60. The number of methoxy groups -OCH3 is 1. The third-order valence-corrected chi connectivity index (χ3v) is 3.36. The lowest BCUT2D eigenvalue weighted by Crippen LogP contribution is -2.43. The molecule has 1 rings (SSSR count). The van der Waals surface area contributed by atoms with Crippen molar-refractivity contribution in [3.05, 3.63) is 29.8 Å². The molecule has 0 saturated carbocycles. The van der Waals surface area contributed by atoms with Gasteiger partial charge in [-0.3, -0.25) is 9.59 Å². The summed E-state index contributed by atoms with van der Waals surface area (Å²) in [7, 11) is 1.30. The van der Waals surface area contributed by atoms with E-state index >= 15 is 0 Å². The molecule has 0 heterocycles. The Labute approximate surface area is 132 Å². The van der Waals surface area contributed by atoms with Gasteiger partial charge in [0.05, 0.1) is 7.11 Å². The minimum atomic E-state index is -0.441. The van der Waals surface area contributed by atoms with E-state index in [0.717, 1.165) is 5.56 Å². The van der Waals surface area contributed by atoms with Crippen molar-refractivity contribution in [1.29, 1.82) is 0 Å². The Balaban J connectivity index is 2.66. The molecule has 0 aromatic heterocycles. The minimum absolute atomic E-state index is 0.0671. The zero-order valence-electron chi connectivity index (χ0n) is 14.0. The third-order valence-electron chi connectivity index (χ3n) is 3.36. The predicted molar refractivity (Wildman–Crippen MR) is 84.9 cm³/mol. The number of carbonyl (C=O) groups is 2. The van der Waals surface area contributed by atoms with Gasteiger partial charge in [0, 0.05) is 6.04 Å². The van der Waals surface area contributed by atoms with E-state index in [2.05, 4.69) is 18.6 Å². The van der Waals surface area contributed by atoms with Crippen LogP contribution in [0.1, 0.15) is 39.2 Å². The number of amides is 1. The highest BCUT2D eigenvalue weighted by atomic mass is 16.5. The monoisotopic (exact) mass is 307 g/mol. The van der Waals surface area contributed by atoms with E-state index in [4.69, 9.17) is 4.74 Å².